The van der Waals surface area contributed by atoms with E-state index in [4.69, 9.17) is 4.42 Å². The summed E-state index contributed by atoms with van der Waals surface area (Å²) in [6.45, 7) is 5.80. The number of nitrogens with one attached hydrogen (secondary N) is 2. The smallest absolute Gasteiger partial charge is 0.320 e. The minimum absolute atomic E-state index is 0.384. The van der Waals surface area contributed by atoms with Gasteiger partial charge in [0.2, 0.25) is 5.89 Å². The number of halogens is 2. The first-order valence-electron chi connectivity index (χ1n) is 6.30. The average molecular weight is 404 g/mol. The van der Waals surface area contributed by atoms with Crippen LogP contribution in [0.4, 0.5) is 11.7 Å². The minimum atomic E-state index is 0.384. The second-order valence-electron chi connectivity index (χ2n) is 4.77. The molecule has 0 aliphatic rings. The maximum Gasteiger partial charge on any atom is 0.320 e. The van der Waals surface area contributed by atoms with Gasteiger partial charge in [-0.1, -0.05) is 34.9 Å². The standard InChI is InChI=1S/C13H16Br2N4O/c1-8(2)6-16-7-12-18-19-13(20-12)17-11-4-3-9(14)5-10(11)15/h3-5,8,16H,6-7H2,1-2H3,(H,17,19). The Morgan fingerprint density at radius 3 is 2.75 bits per heavy atom. The van der Waals surface area contributed by atoms with Crippen LogP contribution in [0.5, 0.6) is 0 Å². The fourth-order valence-corrected chi connectivity index (χ4v) is 2.70. The molecule has 0 saturated heterocycles. The predicted molar refractivity (Wildman–Crippen MR) is 86.0 cm³/mol. The van der Waals surface area contributed by atoms with Gasteiger partial charge in [-0.3, -0.25) is 0 Å². The van der Waals surface area contributed by atoms with Crippen molar-refractivity contribution in [3.05, 3.63) is 33.0 Å². The summed E-state index contributed by atoms with van der Waals surface area (Å²) < 4.78 is 7.45. The predicted octanol–water partition coefficient (Wildman–Crippen LogP) is 4.08. The largest absolute Gasteiger partial charge is 0.406 e. The lowest BCUT2D eigenvalue weighted by Crippen LogP contribution is -2.19. The van der Waals surface area contributed by atoms with Crippen LogP contribution < -0.4 is 10.6 Å². The lowest BCUT2D eigenvalue weighted by Gasteiger charge is -2.05. The zero-order valence-electron chi connectivity index (χ0n) is 11.3. The first-order chi connectivity index (χ1) is 9.54. The molecule has 0 spiro atoms. The Kier molecular flexibility index (Phi) is 5.56. The van der Waals surface area contributed by atoms with Crippen molar-refractivity contribution in [2.45, 2.75) is 20.4 Å². The van der Waals surface area contributed by atoms with E-state index >= 15 is 0 Å². The van der Waals surface area contributed by atoms with E-state index in [1.165, 1.54) is 0 Å². The molecule has 108 valence electrons. The lowest BCUT2D eigenvalue weighted by molar-refractivity contribution is 0.460. The molecule has 0 radical (unpaired) electrons. The first-order valence-corrected chi connectivity index (χ1v) is 7.88. The van der Waals surface area contributed by atoms with Gasteiger partial charge in [0.25, 0.3) is 0 Å². The van der Waals surface area contributed by atoms with Crippen molar-refractivity contribution >= 4 is 43.6 Å². The van der Waals surface area contributed by atoms with Gasteiger partial charge in [0, 0.05) is 8.95 Å². The number of anilines is 2. The van der Waals surface area contributed by atoms with E-state index in [0.29, 0.717) is 24.4 Å². The Labute approximate surface area is 134 Å². The van der Waals surface area contributed by atoms with Gasteiger partial charge < -0.3 is 15.1 Å². The van der Waals surface area contributed by atoms with Crippen molar-refractivity contribution in [3.8, 4) is 0 Å². The summed E-state index contributed by atoms with van der Waals surface area (Å²) in [5, 5.41) is 14.3. The monoisotopic (exact) mass is 402 g/mol. The Morgan fingerprint density at radius 1 is 1.25 bits per heavy atom. The maximum absolute atomic E-state index is 5.53. The summed E-state index contributed by atoms with van der Waals surface area (Å²) in [7, 11) is 0. The van der Waals surface area contributed by atoms with E-state index in [1.54, 1.807) is 0 Å². The highest BCUT2D eigenvalue weighted by Gasteiger charge is 2.08. The summed E-state index contributed by atoms with van der Waals surface area (Å²) in [6.07, 6.45) is 0. The maximum atomic E-state index is 5.53. The van der Waals surface area contributed by atoms with Gasteiger partial charge in [-0.05, 0) is 46.6 Å². The summed E-state index contributed by atoms with van der Waals surface area (Å²) in [5.41, 5.74) is 0.874. The molecule has 0 bridgehead atoms. The Morgan fingerprint density at radius 2 is 2.05 bits per heavy atom. The third kappa shape index (κ3) is 4.57. The first kappa shape index (κ1) is 15.5. The van der Waals surface area contributed by atoms with E-state index < -0.39 is 0 Å². The molecular formula is C13H16Br2N4O. The summed E-state index contributed by atoms with van der Waals surface area (Å²) in [6, 6.07) is 6.20. The molecular weight excluding hydrogens is 388 g/mol. The Hall–Kier alpha value is -0.920. The number of rotatable bonds is 6. The molecule has 0 aliphatic heterocycles. The molecule has 2 N–H and O–H groups in total. The summed E-state index contributed by atoms with van der Waals surface area (Å²) in [4.78, 5) is 0. The van der Waals surface area contributed by atoms with Crippen LogP contribution in [0.1, 0.15) is 19.7 Å². The molecule has 1 aromatic heterocycles. The molecule has 0 unspecified atom stereocenters. The molecule has 0 atom stereocenters. The second-order valence-corrected chi connectivity index (χ2v) is 6.54. The highest BCUT2D eigenvalue weighted by atomic mass is 79.9. The van der Waals surface area contributed by atoms with E-state index in [1.807, 2.05) is 18.2 Å². The van der Waals surface area contributed by atoms with Gasteiger partial charge in [0.05, 0.1) is 12.2 Å². The number of aromatic nitrogens is 2. The van der Waals surface area contributed by atoms with Crippen molar-refractivity contribution in [1.82, 2.24) is 15.5 Å². The van der Waals surface area contributed by atoms with Crippen molar-refractivity contribution in [2.75, 3.05) is 11.9 Å². The molecule has 20 heavy (non-hydrogen) atoms. The third-order valence-corrected chi connectivity index (χ3v) is 3.62. The third-order valence-electron chi connectivity index (χ3n) is 2.47. The highest BCUT2D eigenvalue weighted by Crippen LogP contribution is 2.28. The van der Waals surface area contributed by atoms with Crippen molar-refractivity contribution in [3.63, 3.8) is 0 Å². The molecule has 0 fully saturated rings. The molecule has 1 aromatic carbocycles. The molecule has 0 saturated carbocycles. The lowest BCUT2D eigenvalue weighted by atomic mass is 10.2. The Bertz CT molecular complexity index is 571. The van der Waals surface area contributed by atoms with Gasteiger partial charge in [-0.25, -0.2) is 0 Å². The van der Waals surface area contributed by atoms with Gasteiger partial charge in [0.15, 0.2) is 0 Å². The normalized spacial score (nSPS) is 11.1. The molecule has 0 amide bonds. The van der Waals surface area contributed by atoms with Crippen molar-refractivity contribution in [2.24, 2.45) is 5.92 Å². The summed E-state index contributed by atoms with van der Waals surface area (Å²) in [5.74, 6) is 1.16. The van der Waals surface area contributed by atoms with Gasteiger partial charge in [0.1, 0.15) is 0 Å². The number of nitrogens with zero attached hydrogens (tertiary/aromatic N) is 2. The van der Waals surface area contributed by atoms with Crippen LogP contribution in [0.15, 0.2) is 31.6 Å². The van der Waals surface area contributed by atoms with E-state index in [9.17, 15) is 0 Å². The van der Waals surface area contributed by atoms with Crippen molar-refractivity contribution < 1.29 is 4.42 Å². The quantitative estimate of drug-likeness (QED) is 0.760. The number of hydrogen-bond donors (Lipinski definition) is 2. The molecule has 7 heteroatoms. The van der Waals surface area contributed by atoms with Crippen LogP contribution in [0.3, 0.4) is 0 Å². The molecule has 1 heterocycles. The highest BCUT2D eigenvalue weighted by molar-refractivity contribution is 9.11. The number of benzene rings is 1. The number of hydrogen-bond acceptors (Lipinski definition) is 5. The summed E-state index contributed by atoms with van der Waals surface area (Å²) >= 11 is 6.88. The Balaban J connectivity index is 1.95. The van der Waals surface area contributed by atoms with E-state index in [0.717, 1.165) is 21.2 Å². The van der Waals surface area contributed by atoms with Crippen LogP contribution in [-0.4, -0.2) is 16.7 Å². The van der Waals surface area contributed by atoms with Crippen LogP contribution in [0.25, 0.3) is 0 Å². The van der Waals surface area contributed by atoms with Crippen LogP contribution in [-0.2, 0) is 6.54 Å². The zero-order chi connectivity index (χ0) is 14.5. The van der Waals surface area contributed by atoms with Gasteiger partial charge in [-0.2, -0.15) is 0 Å². The fraction of sp³-hybridized carbons (Fsp3) is 0.385. The van der Waals surface area contributed by atoms with Crippen LogP contribution in [0.2, 0.25) is 0 Å². The molecule has 2 aromatic rings. The molecule has 2 rings (SSSR count). The van der Waals surface area contributed by atoms with E-state index in [2.05, 4.69) is 66.5 Å². The van der Waals surface area contributed by atoms with Gasteiger partial charge in [-0.15, -0.1) is 5.10 Å². The SMILES string of the molecule is CC(C)CNCc1nnc(Nc2ccc(Br)cc2Br)o1. The minimum Gasteiger partial charge on any atom is -0.406 e. The molecule has 5 nitrogen and oxygen atoms in total. The van der Waals surface area contributed by atoms with E-state index in [-0.39, 0.29) is 0 Å². The average Bonchev–Trinajstić information content (AvgIpc) is 2.80. The fourth-order valence-electron chi connectivity index (χ4n) is 1.55. The second kappa shape index (κ2) is 7.19. The topological polar surface area (TPSA) is 63.0 Å². The zero-order valence-corrected chi connectivity index (χ0v) is 14.5. The van der Waals surface area contributed by atoms with Crippen LogP contribution in [0, 0.1) is 5.92 Å². The van der Waals surface area contributed by atoms with Crippen LogP contribution >= 0.6 is 31.9 Å². The molecule has 0 aliphatic carbocycles. The van der Waals surface area contributed by atoms with Gasteiger partial charge >= 0.3 is 6.01 Å². The van der Waals surface area contributed by atoms with Crippen molar-refractivity contribution in [1.29, 1.82) is 0 Å².